The molecule has 28 heavy (non-hydrogen) atoms. The fourth-order valence-electron chi connectivity index (χ4n) is 5.95. The number of rotatable bonds is 4. The van der Waals surface area contributed by atoms with Gasteiger partial charge in [0, 0.05) is 17.0 Å². The van der Waals surface area contributed by atoms with Crippen molar-refractivity contribution in [3.8, 4) is 11.5 Å². The Morgan fingerprint density at radius 3 is 3.04 bits per heavy atom. The van der Waals surface area contributed by atoms with E-state index in [-0.39, 0.29) is 17.0 Å². The van der Waals surface area contributed by atoms with Crippen molar-refractivity contribution in [2.45, 2.75) is 43.2 Å². The molecule has 1 spiro atoms. The van der Waals surface area contributed by atoms with Gasteiger partial charge in [-0.15, -0.1) is 0 Å². The van der Waals surface area contributed by atoms with Crippen LogP contribution in [0.4, 0.5) is 0 Å². The summed E-state index contributed by atoms with van der Waals surface area (Å²) >= 11 is 0. The second-order valence-corrected chi connectivity index (χ2v) is 8.07. The molecule has 0 unspecified atom stereocenters. The molecule has 0 amide bonds. The summed E-state index contributed by atoms with van der Waals surface area (Å²) in [6.45, 7) is 0.583. The Labute approximate surface area is 163 Å². The summed E-state index contributed by atoms with van der Waals surface area (Å²) in [6.07, 6.45) is 3.62. The number of likely N-dealkylation sites (N-methyl/N-ethyl adjacent to an activating group) is 1. The maximum atomic E-state index is 10.8. The van der Waals surface area contributed by atoms with Crippen molar-refractivity contribution in [2.75, 3.05) is 27.3 Å². The molecule has 2 aliphatic heterocycles. The van der Waals surface area contributed by atoms with E-state index in [0.717, 1.165) is 49.4 Å². The van der Waals surface area contributed by atoms with Crippen LogP contribution < -0.4 is 9.47 Å². The van der Waals surface area contributed by atoms with Crippen LogP contribution in [0.15, 0.2) is 17.3 Å². The first-order chi connectivity index (χ1) is 13.1. The molecule has 0 aromatic heterocycles. The predicted octanol–water partition coefficient (Wildman–Crippen LogP) is 0.997. The number of piperidine rings is 1. The monoisotopic (exact) mass is 390 g/mol. The Balaban J connectivity index is 0.00000192. The molecule has 3 N–H and O–H groups in total. The molecule has 152 valence electrons. The highest BCUT2D eigenvalue weighted by Crippen LogP contribution is 2.63. The lowest BCUT2D eigenvalue weighted by atomic mass is 9.51. The molecule has 2 fully saturated rings. The van der Waals surface area contributed by atoms with E-state index < -0.39 is 12.6 Å². The third kappa shape index (κ3) is 2.37. The minimum absolute atomic E-state index is 0. The minimum Gasteiger partial charge on any atom is -0.493 e. The summed E-state index contributed by atoms with van der Waals surface area (Å²) in [5.41, 5.74) is 3.35. The summed E-state index contributed by atoms with van der Waals surface area (Å²) < 4.78 is 12.1. The number of methoxy groups -OCH3 is 1. The van der Waals surface area contributed by atoms with Crippen molar-refractivity contribution in [3.63, 3.8) is 0 Å². The first kappa shape index (κ1) is 19.0. The zero-order chi connectivity index (χ0) is 18.8. The molecule has 1 saturated carbocycles. The molecule has 1 saturated heterocycles. The molecule has 1 aromatic rings. The smallest absolute Gasteiger partial charge is 0.344 e. The van der Waals surface area contributed by atoms with E-state index in [1.165, 1.54) is 11.1 Å². The number of likely N-dealkylation sites (tertiary alicyclic amines) is 1. The normalized spacial score (nSPS) is 33.5. The molecule has 2 heterocycles. The number of benzene rings is 1. The van der Waals surface area contributed by atoms with Crippen molar-refractivity contribution in [1.82, 2.24) is 4.90 Å². The van der Waals surface area contributed by atoms with E-state index in [2.05, 4.69) is 23.2 Å². The van der Waals surface area contributed by atoms with Crippen LogP contribution in [-0.2, 0) is 21.5 Å². The molecule has 8 nitrogen and oxygen atoms in total. The molecule has 2 bridgehead atoms. The van der Waals surface area contributed by atoms with Gasteiger partial charge in [-0.3, -0.25) is 0 Å². The third-order valence-electron chi connectivity index (χ3n) is 6.98. The van der Waals surface area contributed by atoms with Gasteiger partial charge in [0.25, 0.3) is 0 Å². The Morgan fingerprint density at radius 1 is 1.46 bits per heavy atom. The van der Waals surface area contributed by atoms with Crippen LogP contribution in [0.5, 0.6) is 11.5 Å². The largest absolute Gasteiger partial charge is 0.493 e. The highest BCUT2D eigenvalue weighted by Gasteiger charge is 2.65. The number of hydrogen-bond acceptors (Lipinski definition) is 6. The quantitative estimate of drug-likeness (QED) is 0.768. The summed E-state index contributed by atoms with van der Waals surface area (Å²) in [4.78, 5) is 18.4. The third-order valence-corrected chi connectivity index (χ3v) is 6.98. The molecule has 4 aliphatic rings. The van der Waals surface area contributed by atoms with Gasteiger partial charge >= 0.3 is 5.97 Å². The number of hydrogen-bond donors (Lipinski definition) is 1. The SMILES string of the molecule is COc1ccc2c3c1O[C@@H]1/C(=N/OCC(=O)O)CC[C@H]4[C@@H](C2)N(C)CC[C@]314.O. The standard InChI is InChI=1S/C20H24N2O5.H2O/c1-22-8-7-20-12-4-5-13(21-26-10-16(23)24)19(20)27-18-15(25-2)6-3-11(17(18)20)9-14(12)22;/h3,6,12,14,19H,4-5,7-10H2,1-2H3,(H,23,24);1H2/b21-13+;/t12-,14+,19+,20-;/m0./s1. The van der Waals surface area contributed by atoms with Gasteiger partial charge in [0.05, 0.1) is 12.8 Å². The lowest BCUT2D eigenvalue weighted by Crippen LogP contribution is -2.65. The van der Waals surface area contributed by atoms with Gasteiger partial charge < -0.3 is 29.8 Å². The average Bonchev–Trinajstić information content (AvgIpc) is 3.00. The number of oxime groups is 1. The van der Waals surface area contributed by atoms with E-state index in [4.69, 9.17) is 19.4 Å². The van der Waals surface area contributed by atoms with Gasteiger partial charge in [-0.25, -0.2) is 4.79 Å². The Bertz CT molecular complexity index is 840. The van der Waals surface area contributed by atoms with Crippen LogP contribution in [0.1, 0.15) is 30.4 Å². The van der Waals surface area contributed by atoms with Crippen LogP contribution in [0, 0.1) is 5.92 Å². The topological polar surface area (TPSA) is 112 Å². The van der Waals surface area contributed by atoms with Crippen molar-refractivity contribution in [2.24, 2.45) is 11.1 Å². The fraction of sp³-hybridized carbons (Fsp3) is 0.600. The highest BCUT2D eigenvalue weighted by atomic mass is 16.6. The summed E-state index contributed by atoms with van der Waals surface area (Å²) in [5.74, 6) is 1.09. The highest BCUT2D eigenvalue weighted by molar-refractivity contribution is 5.93. The molecule has 2 aliphatic carbocycles. The molecular formula is C20H26N2O6. The Kier molecular flexibility index (Phi) is 4.50. The van der Waals surface area contributed by atoms with E-state index >= 15 is 0 Å². The van der Waals surface area contributed by atoms with Gasteiger partial charge in [-0.2, -0.15) is 0 Å². The Hall–Kier alpha value is -2.32. The molecule has 8 heteroatoms. The Morgan fingerprint density at radius 2 is 2.29 bits per heavy atom. The predicted molar refractivity (Wildman–Crippen MR) is 101 cm³/mol. The van der Waals surface area contributed by atoms with E-state index in [1.807, 2.05) is 6.07 Å². The maximum absolute atomic E-state index is 10.8. The van der Waals surface area contributed by atoms with Crippen molar-refractivity contribution < 1.29 is 29.7 Å². The second-order valence-electron chi connectivity index (χ2n) is 8.07. The van der Waals surface area contributed by atoms with Gasteiger partial charge in [-0.1, -0.05) is 11.2 Å². The molecule has 5 rings (SSSR count). The van der Waals surface area contributed by atoms with Crippen LogP contribution in [0.2, 0.25) is 0 Å². The van der Waals surface area contributed by atoms with Crippen molar-refractivity contribution in [3.05, 3.63) is 23.3 Å². The lowest BCUT2D eigenvalue weighted by molar-refractivity contribution is -0.142. The first-order valence-electron chi connectivity index (χ1n) is 9.54. The van der Waals surface area contributed by atoms with Gasteiger partial charge in [0.2, 0.25) is 6.61 Å². The van der Waals surface area contributed by atoms with Gasteiger partial charge in [0.15, 0.2) is 17.6 Å². The van der Waals surface area contributed by atoms with Crippen LogP contribution >= 0.6 is 0 Å². The molecular weight excluding hydrogens is 364 g/mol. The molecule has 1 aromatic carbocycles. The first-order valence-corrected chi connectivity index (χ1v) is 9.54. The zero-order valence-corrected chi connectivity index (χ0v) is 16.1. The van der Waals surface area contributed by atoms with E-state index in [1.54, 1.807) is 7.11 Å². The number of carboxylic acid groups (broad SMARTS) is 1. The molecule has 4 atom stereocenters. The number of ether oxygens (including phenoxy) is 2. The van der Waals surface area contributed by atoms with Gasteiger partial charge in [-0.05, 0) is 56.8 Å². The molecule has 0 radical (unpaired) electrons. The number of aliphatic carboxylic acids is 1. The van der Waals surface area contributed by atoms with Crippen molar-refractivity contribution >= 4 is 11.7 Å². The fourth-order valence-corrected chi connectivity index (χ4v) is 5.95. The van der Waals surface area contributed by atoms with E-state index in [9.17, 15) is 4.79 Å². The second kappa shape index (κ2) is 6.63. The maximum Gasteiger partial charge on any atom is 0.344 e. The van der Waals surface area contributed by atoms with Crippen molar-refractivity contribution in [1.29, 1.82) is 0 Å². The van der Waals surface area contributed by atoms with Crippen LogP contribution in [0.3, 0.4) is 0 Å². The van der Waals surface area contributed by atoms with E-state index in [0.29, 0.717) is 12.0 Å². The van der Waals surface area contributed by atoms with Crippen LogP contribution in [0.25, 0.3) is 0 Å². The van der Waals surface area contributed by atoms with Gasteiger partial charge in [0.1, 0.15) is 0 Å². The minimum atomic E-state index is -1.03. The summed E-state index contributed by atoms with van der Waals surface area (Å²) in [6, 6.07) is 4.67. The van der Waals surface area contributed by atoms with Crippen LogP contribution in [-0.4, -0.2) is 66.6 Å². The summed E-state index contributed by atoms with van der Waals surface area (Å²) in [7, 11) is 3.89. The zero-order valence-electron chi connectivity index (χ0n) is 16.1. The average molecular weight is 390 g/mol. The summed E-state index contributed by atoms with van der Waals surface area (Å²) in [5, 5.41) is 13.1. The number of nitrogens with zero attached hydrogens (tertiary/aromatic N) is 2. The number of carboxylic acids is 1. The lowest BCUT2D eigenvalue weighted by Gasteiger charge is -2.57. The number of carbonyl (C=O) groups is 1.